The lowest BCUT2D eigenvalue weighted by Crippen LogP contribution is -2.32. The van der Waals surface area contributed by atoms with E-state index in [2.05, 4.69) is 0 Å². The average molecular weight is 250 g/mol. The topological polar surface area (TPSA) is 64.8 Å². The van der Waals surface area contributed by atoms with Gasteiger partial charge in [0.15, 0.2) is 0 Å². The summed E-state index contributed by atoms with van der Waals surface area (Å²) in [4.78, 5) is 13.7. The summed E-state index contributed by atoms with van der Waals surface area (Å²) in [5.41, 5.74) is 8.61. The lowest BCUT2D eigenvalue weighted by atomic mass is 10.1. The molecular weight excluding hydrogens is 232 g/mol. The smallest absolute Gasteiger partial charge is 0.252 e. The molecule has 0 bridgehead atoms. The number of nitrogens with two attached hydrogens (primary N) is 1. The van der Waals surface area contributed by atoms with E-state index in [0.717, 1.165) is 23.4 Å². The minimum Gasteiger partial charge on any atom is -0.398 e. The molecule has 1 aromatic carbocycles. The maximum absolute atomic E-state index is 12.0. The zero-order chi connectivity index (χ0) is 13.0. The molecule has 0 saturated heterocycles. The van der Waals surface area contributed by atoms with Crippen LogP contribution in [0.4, 0.5) is 11.4 Å². The third-order valence-electron chi connectivity index (χ3n) is 3.02. The van der Waals surface area contributed by atoms with Gasteiger partial charge in [0, 0.05) is 30.6 Å². The number of carbonyl (C=O) groups excluding carboxylic acids is 1. The summed E-state index contributed by atoms with van der Waals surface area (Å²) < 4.78 is 10.1. The molecule has 98 valence electrons. The second kappa shape index (κ2) is 5.84. The number of fused-ring (bicyclic) bond motifs is 1. The fraction of sp³-hybridized carbons (Fsp3) is 0.462. The highest BCUT2D eigenvalue weighted by atomic mass is 16.5. The Kier molecular flexibility index (Phi) is 4.17. The molecule has 0 unspecified atom stereocenters. The summed E-state index contributed by atoms with van der Waals surface area (Å²) in [6.07, 6.45) is 0.811. The van der Waals surface area contributed by atoms with Crippen LogP contribution in [0.1, 0.15) is 5.56 Å². The Morgan fingerprint density at radius 2 is 2.28 bits per heavy atom. The van der Waals surface area contributed by atoms with Crippen molar-refractivity contribution in [3.63, 3.8) is 0 Å². The molecule has 0 fully saturated rings. The summed E-state index contributed by atoms with van der Waals surface area (Å²) in [6, 6.07) is 5.65. The van der Waals surface area contributed by atoms with Crippen LogP contribution in [0.2, 0.25) is 0 Å². The predicted molar refractivity (Wildman–Crippen MR) is 69.6 cm³/mol. The van der Waals surface area contributed by atoms with E-state index in [1.807, 2.05) is 18.2 Å². The maximum atomic E-state index is 12.0. The molecule has 5 nitrogen and oxygen atoms in total. The fourth-order valence-corrected chi connectivity index (χ4v) is 2.10. The molecule has 1 aliphatic heterocycles. The van der Waals surface area contributed by atoms with Crippen LogP contribution in [-0.2, 0) is 20.7 Å². The summed E-state index contributed by atoms with van der Waals surface area (Å²) in [5.74, 6) is -0.0320. The number of hydrogen-bond donors (Lipinski definition) is 1. The van der Waals surface area contributed by atoms with Crippen LogP contribution in [0.5, 0.6) is 0 Å². The van der Waals surface area contributed by atoms with E-state index in [1.54, 1.807) is 12.0 Å². The SMILES string of the molecule is COCCOCC(=O)N1CCc2c(N)cccc21. The number of carbonyl (C=O) groups is 1. The number of rotatable bonds is 5. The lowest BCUT2D eigenvalue weighted by molar-refractivity contribution is -0.123. The number of benzene rings is 1. The molecule has 1 heterocycles. The van der Waals surface area contributed by atoms with Gasteiger partial charge in [-0.1, -0.05) is 6.07 Å². The number of anilines is 2. The Morgan fingerprint density at radius 3 is 3.06 bits per heavy atom. The van der Waals surface area contributed by atoms with Crippen molar-refractivity contribution in [2.75, 3.05) is 44.1 Å². The molecule has 0 aliphatic carbocycles. The molecule has 1 aliphatic rings. The van der Waals surface area contributed by atoms with Crippen molar-refractivity contribution in [1.82, 2.24) is 0 Å². The highest BCUT2D eigenvalue weighted by Crippen LogP contribution is 2.31. The van der Waals surface area contributed by atoms with Gasteiger partial charge in [0.2, 0.25) is 0 Å². The van der Waals surface area contributed by atoms with Crippen molar-refractivity contribution in [3.8, 4) is 0 Å². The highest BCUT2D eigenvalue weighted by Gasteiger charge is 2.25. The standard InChI is InChI=1S/C13H18N2O3/c1-17-7-8-18-9-13(16)15-6-5-10-11(14)3-2-4-12(10)15/h2-4H,5-9,14H2,1H3. The fourth-order valence-electron chi connectivity index (χ4n) is 2.10. The van der Waals surface area contributed by atoms with E-state index in [0.29, 0.717) is 19.8 Å². The van der Waals surface area contributed by atoms with E-state index in [-0.39, 0.29) is 12.5 Å². The minimum absolute atomic E-state index is 0.0320. The first-order valence-corrected chi connectivity index (χ1v) is 5.98. The molecule has 0 spiro atoms. The molecule has 5 heteroatoms. The molecular formula is C13H18N2O3. The third kappa shape index (κ3) is 2.63. The Hall–Kier alpha value is -1.59. The van der Waals surface area contributed by atoms with Gasteiger partial charge in [0.25, 0.3) is 5.91 Å². The lowest BCUT2D eigenvalue weighted by Gasteiger charge is -2.17. The average Bonchev–Trinajstić information content (AvgIpc) is 2.80. The minimum atomic E-state index is -0.0320. The van der Waals surface area contributed by atoms with Gasteiger partial charge in [-0.15, -0.1) is 0 Å². The highest BCUT2D eigenvalue weighted by molar-refractivity contribution is 5.97. The normalized spacial score (nSPS) is 13.7. The third-order valence-corrected chi connectivity index (χ3v) is 3.02. The zero-order valence-corrected chi connectivity index (χ0v) is 10.5. The maximum Gasteiger partial charge on any atom is 0.252 e. The molecule has 0 atom stereocenters. The monoisotopic (exact) mass is 250 g/mol. The first kappa shape index (κ1) is 12.9. The summed E-state index contributed by atoms with van der Waals surface area (Å²) in [6.45, 7) is 1.68. The molecule has 0 saturated carbocycles. The van der Waals surface area contributed by atoms with E-state index in [9.17, 15) is 4.79 Å². The first-order chi connectivity index (χ1) is 8.74. The van der Waals surface area contributed by atoms with Crippen LogP contribution in [0.25, 0.3) is 0 Å². The molecule has 18 heavy (non-hydrogen) atoms. The van der Waals surface area contributed by atoms with Gasteiger partial charge in [0.05, 0.1) is 13.2 Å². The van der Waals surface area contributed by atoms with E-state index >= 15 is 0 Å². The van der Waals surface area contributed by atoms with E-state index in [4.69, 9.17) is 15.2 Å². The van der Waals surface area contributed by atoms with Crippen molar-refractivity contribution in [1.29, 1.82) is 0 Å². The van der Waals surface area contributed by atoms with Crippen LogP contribution in [0, 0.1) is 0 Å². The van der Waals surface area contributed by atoms with Crippen LogP contribution >= 0.6 is 0 Å². The van der Waals surface area contributed by atoms with Gasteiger partial charge >= 0.3 is 0 Å². The molecule has 0 aromatic heterocycles. The molecule has 1 aromatic rings. The van der Waals surface area contributed by atoms with Gasteiger partial charge < -0.3 is 20.1 Å². The summed E-state index contributed by atoms with van der Waals surface area (Å²) in [7, 11) is 1.60. The Labute approximate surface area is 106 Å². The number of methoxy groups -OCH3 is 1. The Balaban J connectivity index is 1.96. The van der Waals surface area contributed by atoms with Gasteiger partial charge in [-0.3, -0.25) is 4.79 Å². The quantitative estimate of drug-likeness (QED) is 0.620. The molecule has 1 amide bonds. The Bertz CT molecular complexity index is 434. The van der Waals surface area contributed by atoms with Crippen molar-refractivity contribution in [3.05, 3.63) is 23.8 Å². The second-order valence-electron chi connectivity index (χ2n) is 4.19. The number of nitrogen functional groups attached to an aromatic ring is 1. The summed E-state index contributed by atoms with van der Waals surface area (Å²) in [5, 5.41) is 0. The van der Waals surface area contributed by atoms with Crippen molar-refractivity contribution in [2.24, 2.45) is 0 Å². The van der Waals surface area contributed by atoms with Crippen molar-refractivity contribution < 1.29 is 14.3 Å². The summed E-state index contributed by atoms with van der Waals surface area (Å²) >= 11 is 0. The van der Waals surface area contributed by atoms with Crippen molar-refractivity contribution in [2.45, 2.75) is 6.42 Å². The number of hydrogen-bond acceptors (Lipinski definition) is 4. The molecule has 2 N–H and O–H groups in total. The van der Waals surface area contributed by atoms with E-state index in [1.165, 1.54) is 0 Å². The number of amides is 1. The number of nitrogens with zero attached hydrogens (tertiary/aromatic N) is 1. The van der Waals surface area contributed by atoms with Gasteiger partial charge in [-0.2, -0.15) is 0 Å². The van der Waals surface area contributed by atoms with Gasteiger partial charge in [-0.05, 0) is 18.6 Å². The van der Waals surface area contributed by atoms with Crippen LogP contribution in [0.15, 0.2) is 18.2 Å². The molecule has 2 rings (SSSR count). The zero-order valence-electron chi connectivity index (χ0n) is 10.5. The number of ether oxygens (including phenoxy) is 2. The Morgan fingerprint density at radius 1 is 1.44 bits per heavy atom. The van der Waals surface area contributed by atoms with Crippen LogP contribution in [-0.4, -0.2) is 39.4 Å². The second-order valence-corrected chi connectivity index (χ2v) is 4.19. The first-order valence-electron chi connectivity index (χ1n) is 5.98. The van der Waals surface area contributed by atoms with Gasteiger partial charge in [-0.25, -0.2) is 0 Å². The molecule has 0 radical (unpaired) electrons. The predicted octanol–water partition coefficient (Wildman–Crippen LogP) is 0.821. The van der Waals surface area contributed by atoms with Crippen LogP contribution in [0.3, 0.4) is 0 Å². The van der Waals surface area contributed by atoms with Crippen molar-refractivity contribution >= 4 is 17.3 Å². The van der Waals surface area contributed by atoms with Crippen LogP contribution < -0.4 is 10.6 Å². The van der Waals surface area contributed by atoms with E-state index < -0.39 is 0 Å². The van der Waals surface area contributed by atoms with Gasteiger partial charge in [0.1, 0.15) is 6.61 Å². The largest absolute Gasteiger partial charge is 0.398 e.